The Morgan fingerprint density at radius 2 is 1.89 bits per heavy atom. The standard InChI is InChI=1S/C14H22O4/c1-9-8-14-11(2,3)7-6-10(15)12(14,4)16-13(9,5)17-18-14/h8,10,15H,6-7H2,1-5H3/t10-,12-,13?,14?/m0/s1. The van der Waals surface area contributed by atoms with Crippen LogP contribution < -0.4 is 0 Å². The summed E-state index contributed by atoms with van der Waals surface area (Å²) in [6.45, 7) is 10.0. The quantitative estimate of drug-likeness (QED) is 0.532. The molecule has 4 atom stereocenters. The number of aliphatic hydroxyl groups is 1. The normalized spacial score (nSPS) is 53.9. The van der Waals surface area contributed by atoms with Gasteiger partial charge in [-0.15, -0.1) is 0 Å². The molecule has 1 saturated carbocycles. The van der Waals surface area contributed by atoms with Crippen LogP contribution in [0.15, 0.2) is 11.6 Å². The summed E-state index contributed by atoms with van der Waals surface area (Å²) in [5.41, 5.74) is -0.626. The Morgan fingerprint density at radius 1 is 1.22 bits per heavy atom. The molecule has 0 amide bonds. The summed E-state index contributed by atoms with van der Waals surface area (Å²) in [6.07, 6.45) is 3.15. The molecule has 2 unspecified atom stereocenters. The molecule has 2 fully saturated rings. The van der Waals surface area contributed by atoms with Gasteiger partial charge in [0.05, 0.1) is 6.10 Å². The van der Waals surface area contributed by atoms with Gasteiger partial charge in [-0.2, -0.15) is 4.89 Å². The highest BCUT2D eigenvalue weighted by atomic mass is 17.3. The lowest BCUT2D eigenvalue weighted by Gasteiger charge is -2.66. The number of rotatable bonds is 0. The fourth-order valence-corrected chi connectivity index (χ4v) is 3.73. The van der Waals surface area contributed by atoms with Crippen molar-refractivity contribution in [3.63, 3.8) is 0 Å². The van der Waals surface area contributed by atoms with E-state index in [-0.39, 0.29) is 5.41 Å². The smallest absolute Gasteiger partial charge is 0.221 e. The first-order valence-electron chi connectivity index (χ1n) is 6.62. The second kappa shape index (κ2) is 3.18. The number of ether oxygens (including phenoxy) is 1. The molecule has 1 aliphatic carbocycles. The molecule has 4 heteroatoms. The molecule has 0 radical (unpaired) electrons. The fourth-order valence-electron chi connectivity index (χ4n) is 3.73. The minimum Gasteiger partial charge on any atom is -0.390 e. The number of aliphatic hydroxyl groups excluding tert-OH is 1. The van der Waals surface area contributed by atoms with Gasteiger partial charge in [0, 0.05) is 5.41 Å². The molecule has 1 spiro atoms. The Kier molecular flexibility index (Phi) is 2.23. The molecule has 4 nitrogen and oxygen atoms in total. The average Bonchev–Trinajstić information content (AvgIpc) is 2.27. The van der Waals surface area contributed by atoms with E-state index >= 15 is 0 Å². The fraction of sp³-hybridized carbons (Fsp3) is 0.857. The van der Waals surface area contributed by atoms with Crippen molar-refractivity contribution >= 4 is 0 Å². The Hall–Kier alpha value is -0.420. The van der Waals surface area contributed by atoms with Gasteiger partial charge in [-0.05, 0) is 45.3 Å². The molecular formula is C14H22O4. The molecule has 0 aromatic carbocycles. The van der Waals surface area contributed by atoms with Crippen LogP contribution in [-0.4, -0.2) is 28.2 Å². The van der Waals surface area contributed by atoms with Gasteiger partial charge < -0.3 is 9.84 Å². The zero-order chi connectivity index (χ0) is 13.4. The van der Waals surface area contributed by atoms with Crippen molar-refractivity contribution in [2.45, 2.75) is 70.6 Å². The van der Waals surface area contributed by atoms with E-state index in [1.807, 2.05) is 20.8 Å². The zero-order valence-electron chi connectivity index (χ0n) is 11.7. The molecule has 2 bridgehead atoms. The van der Waals surface area contributed by atoms with Crippen LogP contribution in [0.3, 0.4) is 0 Å². The molecule has 18 heavy (non-hydrogen) atoms. The Labute approximate surface area is 108 Å². The molecular weight excluding hydrogens is 232 g/mol. The van der Waals surface area contributed by atoms with Crippen LogP contribution in [0.4, 0.5) is 0 Å². The largest absolute Gasteiger partial charge is 0.390 e. The molecule has 3 aliphatic heterocycles. The van der Waals surface area contributed by atoms with Crippen LogP contribution in [-0.2, 0) is 14.5 Å². The SMILES string of the molecule is CC1=CC23OOC1(C)O[C@@]2(C)[C@@H](O)CCC3(C)C. The lowest BCUT2D eigenvalue weighted by atomic mass is 9.55. The van der Waals surface area contributed by atoms with E-state index in [4.69, 9.17) is 14.5 Å². The molecule has 1 N–H and O–H groups in total. The van der Waals surface area contributed by atoms with E-state index in [0.717, 1.165) is 18.4 Å². The predicted octanol–water partition coefficient (Wildman–Crippen LogP) is 2.32. The number of hydrogen-bond acceptors (Lipinski definition) is 4. The minimum absolute atomic E-state index is 0.149. The van der Waals surface area contributed by atoms with Crippen LogP contribution >= 0.6 is 0 Å². The molecule has 0 aromatic rings. The van der Waals surface area contributed by atoms with E-state index in [1.54, 1.807) is 0 Å². The predicted molar refractivity (Wildman–Crippen MR) is 65.6 cm³/mol. The van der Waals surface area contributed by atoms with Crippen molar-refractivity contribution < 1.29 is 19.6 Å². The van der Waals surface area contributed by atoms with Gasteiger partial charge in [0.15, 0.2) is 5.60 Å². The maximum absolute atomic E-state index is 10.4. The number of hydrogen-bond donors (Lipinski definition) is 1. The maximum atomic E-state index is 10.4. The van der Waals surface area contributed by atoms with Crippen LogP contribution in [0, 0.1) is 5.41 Å². The van der Waals surface area contributed by atoms with Gasteiger partial charge in [-0.1, -0.05) is 13.8 Å². The summed E-state index contributed by atoms with van der Waals surface area (Å²) in [7, 11) is 0. The lowest BCUT2D eigenvalue weighted by Crippen LogP contribution is -2.77. The lowest BCUT2D eigenvalue weighted by molar-refractivity contribution is -0.558. The first-order chi connectivity index (χ1) is 8.17. The Morgan fingerprint density at radius 3 is 2.50 bits per heavy atom. The Balaban J connectivity index is 2.23. The summed E-state index contributed by atoms with van der Waals surface area (Å²) in [4.78, 5) is 11.3. The first-order valence-corrected chi connectivity index (χ1v) is 6.62. The van der Waals surface area contributed by atoms with Crippen LogP contribution in [0.2, 0.25) is 0 Å². The van der Waals surface area contributed by atoms with Gasteiger partial charge in [0.2, 0.25) is 5.79 Å². The van der Waals surface area contributed by atoms with Crippen LogP contribution in [0.1, 0.15) is 47.5 Å². The second-order valence-electron chi connectivity index (χ2n) is 6.82. The van der Waals surface area contributed by atoms with Gasteiger partial charge in [-0.3, -0.25) is 0 Å². The summed E-state index contributed by atoms with van der Waals surface area (Å²) < 4.78 is 6.15. The monoisotopic (exact) mass is 254 g/mol. The number of fused-ring (bicyclic) bond motifs is 1. The summed E-state index contributed by atoms with van der Waals surface area (Å²) in [6, 6.07) is 0. The molecule has 4 rings (SSSR count). The topological polar surface area (TPSA) is 47.9 Å². The van der Waals surface area contributed by atoms with E-state index in [0.29, 0.717) is 0 Å². The average molecular weight is 254 g/mol. The molecule has 1 saturated heterocycles. The first kappa shape index (κ1) is 12.6. The molecule has 3 heterocycles. The third-order valence-electron chi connectivity index (χ3n) is 5.30. The summed E-state index contributed by atoms with van der Waals surface area (Å²) >= 11 is 0. The van der Waals surface area contributed by atoms with E-state index in [9.17, 15) is 5.11 Å². The zero-order valence-corrected chi connectivity index (χ0v) is 11.7. The van der Waals surface area contributed by atoms with Crippen molar-refractivity contribution in [2.24, 2.45) is 5.41 Å². The van der Waals surface area contributed by atoms with Gasteiger partial charge in [0.1, 0.15) is 5.60 Å². The molecule has 0 aromatic heterocycles. The highest BCUT2D eigenvalue weighted by Crippen LogP contribution is 2.61. The van der Waals surface area contributed by atoms with Crippen LogP contribution in [0.5, 0.6) is 0 Å². The van der Waals surface area contributed by atoms with E-state index < -0.39 is 23.1 Å². The third kappa shape index (κ3) is 1.15. The molecule has 102 valence electrons. The van der Waals surface area contributed by atoms with Crippen LogP contribution in [0.25, 0.3) is 0 Å². The second-order valence-corrected chi connectivity index (χ2v) is 6.82. The van der Waals surface area contributed by atoms with E-state index in [2.05, 4.69) is 19.9 Å². The highest BCUT2D eigenvalue weighted by Gasteiger charge is 2.72. The Bertz CT molecular complexity index is 430. The van der Waals surface area contributed by atoms with Gasteiger partial charge in [-0.25, -0.2) is 4.89 Å². The third-order valence-corrected chi connectivity index (χ3v) is 5.30. The van der Waals surface area contributed by atoms with E-state index in [1.165, 1.54) is 0 Å². The van der Waals surface area contributed by atoms with Crippen molar-refractivity contribution in [2.75, 3.05) is 0 Å². The highest BCUT2D eigenvalue weighted by molar-refractivity contribution is 5.33. The summed E-state index contributed by atoms with van der Waals surface area (Å²) in [5.74, 6) is -0.884. The van der Waals surface area contributed by atoms with Crippen molar-refractivity contribution in [1.82, 2.24) is 0 Å². The van der Waals surface area contributed by atoms with Gasteiger partial charge in [0.25, 0.3) is 0 Å². The minimum atomic E-state index is -0.884. The molecule has 4 aliphatic rings. The van der Waals surface area contributed by atoms with Crippen molar-refractivity contribution in [3.05, 3.63) is 11.6 Å². The van der Waals surface area contributed by atoms with Gasteiger partial charge >= 0.3 is 0 Å². The summed E-state index contributed by atoms with van der Waals surface area (Å²) in [5, 5.41) is 10.4. The van der Waals surface area contributed by atoms with Crippen molar-refractivity contribution in [3.8, 4) is 0 Å². The maximum Gasteiger partial charge on any atom is 0.221 e. The van der Waals surface area contributed by atoms with Crippen molar-refractivity contribution in [1.29, 1.82) is 0 Å².